The molecule has 1 saturated carbocycles. The third kappa shape index (κ3) is 3.37. The quantitative estimate of drug-likeness (QED) is 0.805. The van der Waals surface area contributed by atoms with Crippen LogP contribution in [0.4, 0.5) is 0 Å². The van der Waals surface area contributed by atoms with Crippen molar-refractivity contribution in [3.63, 3.8) is 0 Å². The number of rotatable bonds is 2. The van der Waals surface area contributed by atoms with Crippen molar-refractivity contribution in [2.45, 2.75) is 31.7 Å². The second-order valence-corrected chi connectivity index (χ2v) is 7.59. The van der Waals surface area contributed by atoms with Crippen molar-refractivity contribution in [1.82, 2.24) is 5.32 Å². The number of carbonyl (C=O) groups excluding carboxylic acids is 1. The number of amides is 1. The topological polar surface area (TPSA) is 50.7 Å². The number of thioether (sulfide) groups is 1. The first-order valence-corrected chi connectivity index (χ1v) is 9.28. The predicted octanol–water partition coefficient (Wildman–Crippen LogP) is 4.16. The van der Waals surface area contributed by atoms with E-state index in [1.165, 1.54) is 24.6 Å². The van der Waals surface area contributed by atoms with Crippen LogP contribution < -0.4 is 10.1 Å². The normalized spacial score (nSPS) is 24.0. The highest BCUT2D eigenvalue weighted by molar-refractivity contribution is 8.18. The number of carbonyl (C=O) groups is 1. The number of hydrogen-bond acceptors (Lipinski definition) is 4. The van der Waals surface area contributed by atoms with E-state index in [1.807, 2.05) is 30.4 Å². The Hall–Kier alpha value is -1.72. The summed E-state index contributed by atoms with van der Waals surface area (Å²) >= 11 is 7.45. The molecule has 0 bridgehead atoms. The van der Waals surface area contributed by atoms with Crippen LogP contribution >= 0.6 is 23.4 Å². The van der Waals surface area contributed by atoms with E-state index in [9.17, 15) is 4.79 Å². The molecule has 0 radical (unpaired) electrons. The average molecular weight is 361 g/mol. The van der Waals surface area contributed by atoms with E-state index in [4.69, 9.17) is 16.3 Å². The van der Waals surface area contributed by atoms with Gasteiger partial charge in [0.05, 0.1) is 10.9 Å². The summed E-state index contributed by atoms with van der Waals surface area (Å²) in [5.41, 5.74) is 1.88. The van der Waals surface area contributed by atoms with Gasteiger partial charge in [0, 0.05) is 10.6 Å². The summed E-state index contributed by atoms with van der Waals surface area (Å²) in [5.74, 6) is 0.725. The monoisotopic (exact) mass is 360 g/mol. The maximum atomic E-state index is 12.2. The van der Waals surface area contributed by atoms with Gasteiger partial charge < -0.3 is 10.1 Å². The van der Waals surface area contributed by atoms with Crippen molar-refractivity contribution in [3.05, 3.63) is 45.3 Å². The molecule has 0 unspecified atom stereocenters. The number of ether oxygens (including phenoxy) is 1. The van der Waals surface area contributed by atoms with E-state index in [1.54, 1.807) is 0 Å². The Balaban J connectivity index is 1.54. The van der Waals surface area contributed by atoms with Crippen LogP contribution in [0, 0.1) is 0 Å². The van der Waals surface area contributed by atoms with E-state index in [0.29, 0.717) is 22.6 Å². The van der Waals surface area contributed by atoms with Gasteiger partial charge in [0.1, 0.15) is 12.4 Å². The first kappa shape index (κ1) is 15.8. The Bertz CT molecular complexity index is 779. The second kappa shape index (κ2) is 6.65. The fraction of sp³-hybridized carbons (Fsp3) is 0.333. The molecule has 124 valence electrons. The largest absolute Gasteiger partial charge is 0.488 e. The summed E-state index contributed by atoms with van der Waals surface area (Å²) in [4.78, 5) is 17.5. The number of halogens is 1. The molecule has 0 spiro atoms. The summed E-state index contributed by atoms with van der Waals surface area (Å²) < 4.78 is 5.73. The Morgan fingerprint density at radius 3 is 3.00 bits per heavy atom. The van der Waals surface area contributed by atoms with Gasteiger partial charge in [-0.1, -0.05) is 24.4 Å². The number of hydrogen-bond donors (Lipinski definition) is 1. The molecule has 6 heteroatoms. The van der Waals surface area contributed by atoms with Crippen molar-refractivity contribution in [1.29, 1.82) is 0 Å². The van der Waals surface area contributed by atoms with Gasteiger partial charge >= 0.3 is 0 Å². The molecule has 2 aliphatic heterocycles. The smallest absolute Gasteiger partial charge is 0.264 e. The van der Waals surface area contributed by atoms with Crippen molar-refractivity contribution in [3.8, 4) is 5.75 Å². The van der Waals surface area contributed by atoms with E-state index < -0.39 is 0 Å². The fourth-order valence-electron chi connectivity index (χ4n) is 3.11. The lowest BCUT2D eigenvalue weighted by Crippen LogP contribution is -2.21. The minimum atomic E-state index is -0.0884. The molecule has 1 aromatic carbocycles. The van der Waals surface area contributed by atoms with Crippen molar-refractivity contribution in [2.24, 2.45) is 4.99 Å². The van der Waals surface area contributed by atoms with Crippen LogP contribution in [0.15, 0.2) is 39.7 Å². The SMILES string of the molecule is O=C1NC(=NC2CCCC2)S/C1=C/C1=Cc2cc(Cl)ccc2OC1. The zero-order chi connectivity index (χ0) is 16.5. The third-order valence-corrected chi connectivity index (χ3v) is 5.46. The third-order valence-electron chi connectivity index (χ3n) is 4.30. The molecule has 4 rings (SSSR count). The van der Waals surface area contributed by atoms with Gasteiger partial charge in [0.2, 0.25) is 0 Å². The molecule has 1 N–H and O–H groups in total. The number of fused-ring (bicyclic) bond motifs is 1. The highest BCUT2D eigenvalue weighted by atomic mass is 35.5. The minimum Gasteiger partial charge on any atom is -0.488 e. The van der Waals surface area contributed by atoms with E-state index in [-0.39, 0.29) is 5.91 Å². The zero-order valence-corrected chi connectivity index (χ0v) is 14.6. The van der Waals surface area contributed by atoms with Gasteiger partial charge in [-0.05, 0) is 60.5 Å². The number of aliphatic imine (C=N–C) groups is 1. The lowest BCUT2D eigenvalue weighted by atomic mass is 10.1. The predicted molar refractivity (Wildman–Crippen MR) is 98.4 cm³/mol. The Morgan fingerprint density at radius 1 is 1.33 bits per heavy atom. The lowest BCUT2D eigenvalue weighted by Gasteiger charge is -2.16. The number of nitrogens with one attached hydrogen (secondary N) is 1. The summed E-state index contributed by atoms with van der Waals surface area (Å²) in [6.07, 6.45) is 8.59. The van der Waals surface area contributed by atoms with Crippen LogP contribution in [-0.2, 0) is 4.79 Å². The molecular formula is C18H17ClN2O2S. The molecule has 1 amide bonds. The lowest BCUT2D eigenvalue weighted by molar-refractivity contribution is -0.115. The highest BCUT2D eigenvalue weighted by Crippen LogP contribution is 2.32. The molecule has 2 heterocycles. The molecule has 1 saturated heterocycles. The van der Waals surface area contributed by atoms with Crippen LogP contribution in [0.3, 0.4) is 0 Å². The van der Waals surface area contributed by atoms with Gasteiger partial charge in [0.25, 0.3) is 5.91 Å². The van der Waals surface area contributed by atoms with Crippen LogP contribution in [0.2, 0.25) is 5.02 Å². The summed E-state index contributed by atoms with van der Waals surface area (Å²) in [7, 11) is 0. The van der Waals surface area contributed by atoms with Gasteiger partial charge in [-0.3, -0.25) is 9.79 Å². The Morgan fingerprint density at radius 2 is 2.17 bits per heavy atom. The average Bonchev–Trinajstić information content (AvgIpc) is 3.18. The first-order valence-electron chi connectivity index (χ1n) is 8.09. The van der Waals surface area contributed by atoms with Gasteiger partial charge in [-0.15, -0.1) is 0 Å². The number of amidine groups is 1. The standard InChI is InChI=1S/C18H17ClN2O2S/c19-13-5-6-15-12(9-13)7-11(10-23-15)8-16-17(22)21-18(24-16)20-14-3-1-2-4-14/h5-9,14H,1-4,10H2,(H,20,21,22)/b16-8+. The molecule has 0 aromatic heterocycles. The van der Waals surface area contributed by atoms with E-state index in [0.717, 1.165) is 34.9 Å². The van der Waals surface area contributed by atoms with E-state index >= 15 is 0 Å². The van der Waals surface area contributed by atoms with Gasteiger partial charge in [0.15, 0.2) is 5.17 Å². The van der Waals surface area contributed by atoms with Crippen LogP contribution in [0.25, 0.3) is 6.08 Å². The van der Waals surface area contributed by atoms with Gasteiger partial charge in [-0.25, -0.2) is 0 Å². The molecule has 1 aromatic rings. The Kier molecular flexibility index (Phi) is 4.37. The first-order chi connectivity index (χ1) is 11.7. The van der Waals surface area contributed by atoms with Crippen molar-refractivity contribution in [2.75, 3.05) is 6.61 Å². The molecular weight excluding hydrogens is 344 g/mol. The maximum absolute atomic E-state index is 12.2. The molecule has 0 atom stereocenters. The molecule has 3 aliphatic rings. The molecule has 24 heavy (non-hydrogen) atoms. The summed E-state index contributed by atoms with van der Waals surface area (Å²) in [6, 6.07) is 5.90. The highest BCUT2D eigenvalue weighted by Gasteiger charge is 2.26. The Labute approximate surface area is 150 Å². The molecule has 4 nitrogen and oxygen atoms in total. The van der Waals surface area contributed by atoms with Crippen LogP contribution in [-0.4, -0.2) is 23.7 Å². The summed E-state index contributed by atoms with van der Waals surface area (Å²) in [6.45, 7) is 0.446. The van der Waals surface area contributed by atoms with Crippen molar-refractivity contribution >= 4 is 40.5 Å². The minimum absolute atomic E-state index is 0.0884. The molecule has 1 aliphatic carbocycles. The fourth-order valence-corrected chi connectivity index (χ4v) is 4.19. The van der Waals surface area contributed by atoms with E-state index in [2.05, 4.69) is 10.3 Å². The second-order valence-electron chi connectivity index (χ2n) is 6.13. The van der Waals surface area contributed by atoms with Crippen LogP contribution in [0.1, 0.15) is 31.2 Å². The van der Waals surface area contributed by atoms with Crippen molar-refractivity contribution < 1.29 is 9.53 Å². The summed E-state index contributed by atoms with van der Waals surface area (Å²) in [5, 5.41) is 4.25. The number of nitrogens with zero attached hydrogens (tertiary/aromatic N) is 1. The van der Waals surface area contributed by atoms with Crippen LogP contribution in [0.5, 0.6) is 5.75 Å². The zero-order valence-electron chi connectivity index (χ0n) is 13.0. The maximum Gasteiger partial charge on any atom is 0.264 e. The number of benzene rings is 1. The van der Waals surface area contributed by atoms with Gasteiger partial charge in [-0.2, -0.15) is 0 Å². The molecule has 2 fully saturated rings.